The number of carbonyl (C=O) groups excluding carboxylic acids is 3. The second kappa shape index (κ2) is 9.15. The molecule has 1 aliphatic rings. The lowest BCUT2D eigenvalue weighted by molar-refractivity contribution is -0.133. The summed E-state index contributed by atoms with van der Waals surface area (Å²) < 4.78 is 5.39. The van der Waals surface area contributed by atoms with Gasteiger partial charge in [0.05, 0.1) is 22.3 Å². The number of carbonyl (C=O) groups is 3. The van der Waals surface area contributed by atoms with E-state index in [1.807, 2.05) is 6.07 Å². The molecular formula is C20H19Cl2N3O4. The number of rotatable bonds is 6. The molecule has 3 rings (SSSR count). The number of amides is 3. The third-order valence-electron chi connectivity index (χ3n) is 4.37. The van der Waals surface area contributed by atoms with Gasteiger partial charge in [0.2, 0.25) is 11.8 Å². The Morgan fingerprint density at radius 3 is 2.69 bits per heavy atom. The molecule has 0 fully saturated rings. The second-order valence-electron chi connectivity index (χ2n) is 6.48. The van der Waals surface area contributed by atoms with Crippen molar-refractivity contribution in [3.63, 3.8) is 0 Å². The van der Waals surface area contributed by atoms with Crippen molar-refractivity contribution in [3.8, 4) is 5.75 Å². The molecule has 0 atom stereocenters. The zero-order chi connectivity index (χ0) is 21.0. The van der Waals surface area contributed by atoms with Crippen LogP contribution in [0, 0.1) is 0 Å². The average molecular weight is 436 g/mol. The molecule has 2 aromatic carbocycles. The topological polar surface area (TPSA) is 79.0 Å². The maximum atomic E-state index is 12.4. The van der Waals surface area contributed by atoms with Crippen LogP contribution in [0.5, 0.6) is 5.75 Å². The van der Waals surface area contributed by atoms with Gasteiger partial charge in [0.25, 0.3) is 5.91 Å². The first-order valence-corrected chi connectivity index (χ1v) is 9.62. The molecule has 9 heteroatoms. The molecule has 7 nitrogen and oxygen atoms in total. The fraction of sp³-hybridized carbons (Fsp3) is 0.250. The monoisotopic (exact) mass is 435 g/mol. The molecule has 0 radical (unpaired) electrons. The minimum absolute atomic E-state index is 0.0624. The highest BCUT2D eigenvalue weighted by Crippen LogP contribution is 2.31. The third-order valence-corrected chi connectivity index (χ3v) is 5.11. The summed E-state index contributed by atoms with van der Waals surface area (Å²) in [6.07, 6.45) is 0.0800. The number of anilines is 2. The van der Waals surface area contributed by atoms with Crippen molar-refractivity contribution in [2.45, 2.75) is 6.42 Å². The summed E-state index contributed by atoms with van der Waals surface area (Å²) in [5, 5.41) is 3.37. The van der Waals surface area contributed by atoms with Gasteiger partial charge < -0.3 is 19.9 Å². The van der Waals surface area contributed by atoms with E-state index in [4.69, 9.17) is 27.9 Å². The number of halogens is 2. The standard InChI is InChI=1S/C20H19Cl2N3O4/c1-24(11-18(26)23-13-6-7-14(21)15(22)10-13)19(27)8-9-25-16-4-2-3-5-17(16)29-12-20(25)28/h2-7,10H,8-9,11-12H2,1H3,(H,23,26). The highest BCUT2D eigenvalue weighted by molar-refractivity contribution is 6.42. The average Bonchev–Trinajstić information content (AvgIpc) is 2.69. The van der Waals surface area contributed by atoms with Crippen molar-refractivity contribution >= 4 is 52.3 Å². The van der Waals surface area contributed by atoms with Crippen LogP contribution in [0.1, 0.15) is 6.42 Å². The maximum absolute atomic E-state index is 12.4. The van der Waals surface area contributed by atoms with Crippen molar-refractivity contribution in [2.75, 3.05) is 37.0 Å². The van der Waals surface area contributed by atoms with Gasteiger partial charge in [-0.05, 0) is 30.3 Å². The number of ether oxygens (including phenoxy) is 1. The fourth-order valence-corrected chi connectivity index (χ4v) is 3.17. The fourth-order valence-electron chi connectivity index (χ4n) is 2.88. The van der Waals surface area contributed by atoms with Crippen molar-refractivity contribution in [1.29, 1.82) is 0 Å². The van der Waals surface area contributed by atoms with Crippen molar-refractivity contribution in [1.82, 2.24) is 4.90 Å². The molecule has 0 aromatic heterocycles. The van der Waals surface area contributed by atoms with Gasteiger partial charge in [-0.3, -0.25) is 14.4 Å². The number of nitrogens with one attached hydrogen (secondary N) is 1. The normalized spacial score (nSPS) is 12.8. The van der Waals surface area contributed by atoms with Gasteiger partial charge in [0.15, 0.2) is 6.61 Å². The van der Waals surface area contributed by atoms with Crippen LogP contribution in [0.4, 0.5) is 11.4 Å². The first-order chi connectivity index (χ1) is 13.8. The summed E-state index contributed by atoms with van der Waals surface area (Å²) in [6, 6.07) is 11.9. The van der Waals surface area contributed by atoms with Gasteiger partial charge in [-0.25, -0.2) is 0 Å². The lowest BCUT2D eigenvalue weighted by Crippen LogP contribution is -2.42. The van der Waals surface area contributed by atoms with E-state index in [0.29, 0.717) is 27.2 Å². The van der Waals surface area contributed by atoms with E-state index in [-0.39, 0.29) is 43.8 Å². The summed E-state index contributed by atoms with van der Waals surface area (Å²) >= 11 is 11.8. The minimum atomic E-state index is -0.368. The van der Waals surface area contributed by atoms with Crippen LogP contribution in [0.2, 0.25) is 10.0 Å². The summed E-state index contributed by atoms with van der Waals surface area (Å²) in [5.74, 6) is -0.233. The van der Waals surface area contributed by atoms with Crippen LogP contribution in [-0.4, -0.2) is 49.4 Å². The zero-order valence-corrected chi connectivity index (χ0v) is 17.2. The largest absolute Gasteiger partial charge is 0.482 e. The third kappa shape index (κ3) is 5.19. The van der Waals surface area contributed by atoms with E-state index >= 15 is 0 Å². The van der Waals surface area contributed by atoms with Gasteiger partial charge in [0.1, 0.15) is 5.75 Å². The molecule has 0 spiro atoms. The Labute approximate surface area is 178 Å². The Hall–Kier alpha value is -2.77. The molecule has 1 aliphatic heterocycles. The van der Waals surface area contributed by atoms with E-state index < -0.39 is 0 Å². The zero-order valence-electron chi connectivity index (χ0n) is 15.7. The Morgan fingerprint density at radius 1 is 1.17 bits per heavy atom. The summed E-state index contributed by atoms with van der Waals surface area (Å²) in [6.45, 7) is 0.0105. The summed E-state index contributed by atoms with van der Waals surface area (Å²) in [7, 11) is 1.53. The van der Waals surface area contributed by atoms with Crippen LogP contribution >= 0.6 is 23.2 Å². The van der Waals surface area contributed by atoms with Crippen molar-refractivity contribution < 1.29 is 19.1 Å². The molecule has 0 bridgehead atoms. The number of benzene rings is 2. The SMILES string of the molecule is CN(CC(=O)Nc1ccc(Cl)c(Cl)c1)C(=O)CCN1C(=O)COc2ccccc21. The smallest absolute Gasteiger partial charge is 0.265 e. The number of likely N-dealkylation sites (N-methyl/N-ethyl adjacent to an activating group) is 1. The number of nitrogens with zero attached hydrogens (tertiary/aromatic N) is 2. The number of hydrogen-bond donors (Lipinski definition) is 1. The molecule has 0 aliphatic carbocycles. The van der Waals surface area contributed by atoms with Crippen LogP contribution < -0.4 is 15.0 Å². The highest BCUT2D eigenvalue weighted by Gasteiger charge is 2.26. The van der Waals surface area contributed by atoms with E-state index in [0.717, 1.165) is 0 Å². The molecule has 152 valence electrons. The van der Waals surface area contributed by atoms with Crippen molar-refractivity contribution in [3.05, 3.63) is 52.5 Å². The van der Waals surface area contributed by atoms with Crippen LogP contribution in [0.3, 0.4) is 0 Å². The Bertz CT molecular complexity index is 951. The molecule has 1 N–H and O–H groups in total. The molecule has 0 saturated carbocycles. The maximum Gasteiger partial charge on any atom is 0.265 e. The Kier molecular flexibility index (Phi) is 6.61. The Morgan fingerprint density at radius 2 is 1.93 bits per heavy atom. The molecule has 0 unspecified atom stereocenters. The summed E-state index contributed by atoms with van der Waals surface area (Å²) in [5.41, 5.74) is 1.12. The molecular weight excluding hydrogens is 417 g/mol. The lowest BCUT2D eigenvalue weighted by atomic mass is 10.2. The minimum Gasteiger partial charge on any atom is -0.482 e. The molecule has 3 amide bonds. The first-order valence-electron chi connectivity index (χ1n) is 8.86. The van der Waals surface area contributed by atoms with Gasteiger partial charge in [-0.2, -0.15) is 0 Å². The van der Waals surface area contributed by atoms with Gasteiger partial charge in [-0.1, -0.05) is 35.3 Å². The van der Waals surface area contributed by atoms with Crippen LogP contribution in [0.15, 0.2) is 42.5 Å². The Balaban J connectivity index is 1.53. The number of para-hydroxylation sites is 2. The quantitative estimate of drug-likeness (QED) is 0.755. The predicted molar refractivity (Wildman–Crippen MR) is 112 cm³/mol. The summed E-state index contributed by atoms with van der Waals surface area (Å²) in [4.78, 5) is 39.6. The first kappa shape index (κ1) is 21.0. The van der Waals surface area contributed by atoms with E-state index in [1.165, 1.54) is 22.9 Å². The number of hydrogen-bond acceptors (Lipinski definition) is 4. The van der Waals surface area contributed by atoms with Crippen LogP contribution in [-0.2, 0) is 14.4 Å². The van der Waals surface area contributed by atoms with Crippen molar-refractivity contribution in [2.24, 2.45) is 0 Å². The van der Waals surface area contributed by atoms with E-state index in [2.05, 4.69) is 5.32 Å². The molecule has 2 aromatic rings. The second-order valence-corrected chi connectivity index (χ2v) is 7.29. The molecule has 29 heavy (non-hydrogen) atoms. The molecule has 0 saturated heterocycles. The van der Waals surface area contributed by atoms with E-state index in [1.54, 1.807) is 30.3 Å². The van der Waals surface area contributed by atoms with Crippen LogP contribution in [0.25, 0.3) is 0 Å². The van der Waals surface area contributed by atoms with Gasteiger partial charge >= 0.3 is 0 Å². The highest BCUT2D eigenvalue weighted by atomic mass is 35.5. The lowest BCUT2D eigenvalue weighted by Gasteiger charge is -2.29. The van der Waals surface area contributed by atoms with Gasteiger partial charge in [-0.15, -0.1) is 0 Å². The number of fused-ring (bicyclic) bond motifs is 1. The molecule has 1 heterocycles. The van der Waals surface area contributed by atoms with E-state index in [9.17, 15) is 14.4 Å². The van der Waals surface area contributed by atoms with Gasteiger partial charge in [0, 0.05) is 25.7 Å². The predicted octanol–water partition coefficient (Wildman–Crippen LogP) is 3.21.